The first-order chi connectivity index (χ1) is 10.9. The van der Waals surface area contributed by atoms with Crippen molar-refractivity contribution in [3.8, 4) is 0 Å². The van der Waals surface area contributed by atoms with Crippen molar-refractivity contribution >= 4 is 11.8 Å². The molecule has 0 aromatic rings. The minimum Gasteiger partial charge on any atom is -0.462 e. The molecule has 5 heteroatoms. The number of unbranched alkanes of at least 4 members (excludes halogenated alkanes) is 1. The fraction of sp³-hybridized carbons (Fsp3) is 0.667. The van der Waals surface area contributed by atoms with Crippen molar-refractivity contribution in [3.05, 3.63) is 24.3 Å². The summed E-state index contributed by atoms with van der Waals surface area (Å²) in [5, 5.41) is 20.6. The summed E-state index contributed by atoms with van der Waals surface area (Å²) in [5.74, 6) is -0.838. The van der Waals surface area contributed by atoms with Crippen molar-refractivity contribution in [2.45, 2.75) is 69.7 Å². The van der Waals surface area contributed by atoms with Crippen molar-refractivity contribution in [2.75, 3.05) is 0 Å². The first-order valence-corrected chi connectivity index (χ1v) is 8.40. The van der Waals surface area contributed by atoms with Gasteiger partial charge in [-0.2, -0.15) is 0 Å². The van der Waals surface area contributed by atoms with Gasteiger partial charge >= 0.3 is 5.97 Å². The van der Waals surface area contributed by atoms with Crippen molar-refractivity contribution in [1.29, 1.82) is 0 Å². The average molecular weight is 322 g/mol. The Balaban J connectivity index is 1.80. The lowest BCUT2D eigenvalue weighted by atomic mass is 9.81. The van der Waals surface area contributed by atoms with Gasteiger partial charge in [0.1, 0.15) is 6.10 Å². The van der Waals surface area contributed by atoms with Crippen molar-refractivity contribution in [1.82, 2.24) is 0 Å². The Morgan fingerprint density at radius 3 is 2.87 bits per heavy atom. The Morgan fingerprint density at radius 1 is 1.43 bits per heavy atom. The van der Waals surface area contributed by atoms with E-state index < -0.39 is 17.6 Å². The van der Waals surface area contributed by atoms with E-state index in [-0.39, 0.29) is 24.3 Å². The Labute approximate surface area is 137 Å². The Kier molecular flexibility index (Phi) is 6.13. The third kappa shape index (κ3) is 4.75. The number of hydrogen-bond acceptors (Lipinski definition) is 5. The molecule has 0 unspecified atom stereocenters. The van der Waals surface area contributed by atoms with Crippen LogP contribution in [-0.2, 0) is 14.3 Å². The second kappa shape index (κ2) is 7.88. The normalized spacial score (nSPS) is 32.0. The van der Waals surface area contributed by atoms with E-state index in [0.717, 1.165) is 25.7 Å². The monoisotopic (exact) mass is 322 g/mol. The summed E-state index contributed by atoms with van der Waals surface area (Å²) < 4.78 is 5.17. The van der Waals surface area contributed by atoms with Gasteiger partial charge in [0.2, 0.25) is 0 Å². The number of carbonyl (C=O) groups excluding carboxylic acids is 2. The number of ketones is 1. The summed E-state index contributed by atoms with van der Waals surface area (Å²) in [6.45, 7) is 1.81. The molecule has 5 nitrogen and oxygen atoms in total. The zero-order valence-corrected chi connectivity index (χ0v) is 13.6. The standard InChI is InChI=1S/C18H26O5/c1-2-5-13(19)12-15-16(20)9-11-18(15,22)10-4-3-6-14-7-8-17(21)23-14/h2,5,9,11,13-15,19,22H,3-4,6-8,10,12H2,1H3/b5-2+/t13-,14-,15+,18+/m1/s1. The maximum atomic E-state index is 12.0. The zero-order valence-electron chi connectivity index (χ0n) is 13.6. The van der Waals surface area contributed by atoms with E-state index in [0.29, 0.717) is 12.8 Å². The van der Waals surface area contributed by atoms with Gasteiger partial charge < -0.3 is 14.9 Å². The van der Waals surface area contributed by atoms with Gasteiger partial charge in [-0.3, -0.25) is 9.59 Å². The van der Waals surface area contributed by atoms with E-state index in [1.807, 2.05) is 0 Å². The molecule has 0 radical (unpaired) electrons. The summed E-state index contributed by atoms with van der Waals surface area (Å²) in [6, 6.07) is 0. The molecule has 0 bridgehead atoms. The van der Waals surface area contributed by atoms with Crippen LogP contribution in [-0.4, -0.2) is 39.8 Å². The van der Waals surface area contributed by atoms with Crippen LogP contribution in [0, 0.1) is 5.92 Å². The number of allylic oxidation sites excluding steroid dienone is 2. The van der Waals surface area contributed by atoms with Crippen LogP contribution in [0.15, 0.2) is 24.3 Å². The predicted octanol–water partition coefficient (Wildman–Crippen LogP) is 2.07. The van der Waals surface area contributed by atoms with Crippen LogP contribution in [0.5, 0.6) is 0 Å². The van der Waals surface area contributed by atoms with Crippen LogP contribution in [0.1, 0.15) is 51.9 Å². The third-order valence-corrected chi connectivity index (χ3v) is 4.70. The molecule has 1 aliphatic heterocycles. The Morgan fingerprint density at radius 2 is 2.22 bits per heavy atom. The molecule has 1 saturated heterocycles. The van der Waals surface area contributed by atoms with Crippen LogP contribution < -0.4 is 0 Å². The van der Waals surface area contributed by atoms with E-state index in [1.165, 1.54) is 6.08 Å². The average Bonchev–Trinajstić information content (AvgIpc) is 3.03. The van der Waals surface area contributed by atoms with Gasteiger partial charge in [0.05, 0.1) is 17.6 Å². The second-order valence-corrected chi connectivity index (χ2v) is 6.50. The lowest BCUT2D eigenvalue weighted by Gasteiger charge is -2.29. The van der Waals surface area contributed by atoms with Crippen molar-refractivity contribution in [3.63, 3.8) is 0 Å². The van der Waals surface area contributed by atoms with Crippen LogP contribution in [0.3, 0.4) is 0 Å². The van der Waals surface area contributed by atoms with E-state index in [1.54, 1.807) is 25.2 Å². The molecular formula is C18H26O5. The molecule has 0 spiro atoms. The van der Waals surface area contributed by atoms with E-state index in [4.69, 9.17) is 4.74 Å². The Bertz CT molecular complexity index is 496. The molecule has 2 N–H and O–H groups in total. The Hall–Kier alpha value is -1.46. The van der Waals surface area contributed by atoms with Gasteiger partial charge in [0, 0.05) is 6.42 Å². The molecule has 2 rings (SSSR count). The summed E-state index contributed by atoms with van der Waals surface area (Å²) >= 11 is 0. The molecule has 23 heavy (non-hydrogen) atoms. The van der Waals surface area contributed by atoms with Crippen molar-refractivity contribution < 1.29 is 24.5 Å². The first kappa shape index (κ1) is 17.9. The number of cyclic esters (lactones) is 1. The van der Waals surface area contributed by atoms with Gasteiger partial charge in [-0.1, -0.05) is 18.6 Å². The number of hydrogen-bond donors (Lipinski definition) is 2. The van der Waals surface area contributed by atoms with E-state index in [9.17, 15) is 19.8 Å². The van der Waals surface area contributed by atoms with Crippen LogP contribution in [0.25, 0.3) is 0 Å². The van der Waals surface area contributed by atoms with Crippen LogP contribution >= 0.6 is 0 Å². The lowest BCUT2D eigenvalue weighted by Crippen LogP contribution is -2.38. The van der Waals surface area contributed by atoms with Crippen LogP contribution in [0.2, 0.25) is 0 Å². The molecule has 0 saturated carbocycles. The minimum atomic E-state index is -1.17. The highest BCUT2D eigenvalue weighted by Gasteiger charge is 2.42. The molecule has 0 aromatic carbocycles. The van der Waals surface area contributed by atoms with Crippen molar-refractivity contribution in [2.24, 2.45) is 5.92 Å². The van der Waals surface area contributed by atoms with E-state index in [2.05, 4.69) is 0 Å². The van der Waals surface area contributed by atoms with Gasteiger partial charge in [-0.25, -0.2) is 0 Å². The maximum Gasteiger partial charge on any atom is 0.306 e. The number of aliphatic hydroxyl groups is 2. The van der Waals surface area contributed by atoms with Crippen LogP contribution in [0.4, 0.5) is 0 Å². The first-order valence-electron chi connectivity index (χ1n) is 8.40. The highest BCUT2D eigenvalue weighted by molar-refractivity contribution is 5.96. The SMILES string of the molecule is C/C=C/[C@@H](O)C[C@H]1C(=O)C=C[C@@]1(O)CCCC[C@@H]1CCC(=O)O1. The molecule has 1 aliphatic carbocycles. The lowest BCUT2D eigenvalue weighted by molar-refractivity contribution is -0.141. The van der Waals surface area contributed by atoms with E-state index >= 15 is 0 Å². The van der Waals surface area contributed by atoms with Gasteiger partial charge in [-0.15, -0.1) is 0 Å². The molecule has 4 atom stereocenters. The third-order valence-electron chi connectivity index (χ3n) is 4.70. The number of rotatable bonds is 8. The molecular weight excluding hydrogens is 296 g/mol. The molecule has 0 amide bonds. The molecule has 128 valence electrons. The molecule has 1 fully saturated rings. The highest BCUT2D eigenvalue weighted by Crippen LogP contribution is 2.35. The molecule has 2 aliphatic rings. The fourth-order valence-electron chi connectivity index (χ4n) is 3.39. The summed E-state index contributed by atoms with van der Waals surface area (Å²) in [7, 11) is 0. The quantitative estimate of drug-likeness (QED) is 0.406. The minimum absolute atomic E-state index is 0.00482. The number of aliphatic hydroxyl groups excluding tert-OH is 1. The topological polar surface area (TPSA) is 83.8 Å². The predicted molar refractivity (Wildman–Crippen MR) is 85.6 cm³/mol. The smallest absolute Gasteiger partial charge is 0.306 e. The molecule has 1 heterocycles. The van der Waals surface area contributed by atoms with Gasteiger partial charge in [0.25, 0.3) is 0 Å². The number of ether oxygens (including phenoxy) is 1. The second-order valence-electron chi connectivity index (χ2n) is 6.50. The molecule has 0 aromatic heterocycles. The fourth-order valence-corrected chi connectivity index (χ4v) is 3.39. The van der Waals surface area contributed by atoms with Gasteiger partial charge in [0.15, 0.2) is 5.78 Å². The summed E-state index contributed by atoms with van der Waals surface area (Å²) in [4.78, 5) is 23.0. The number of carbonyl (C=O) groups is 2. The van der Waals surface area contributed by atoms with Gasteiger partial charge in [-0.05, 0) is 51.2 Å². The number of esters is 1. The maximum absolute atomic E-state index is 12.0. The zero-order chi connectivity index (χ0) is 16.9. The summed E-state index contributed by atoms with van der Waals surface area (Å²) in [6.07, 6.45) is 10.00. The largest absolute Gasteiger partial charge is 0.462 e. The summed E-state index contributed by atoms with van der Waals surface area (Å²) in [5.41, 5.74) is -1.17. The highest BCUT2D eigenvalue weighted by atomic mass is 16.5.